The van der Waals surface area contributed by atoms with Crippen LogP contribution in [0.25, 0.3) is 5.69 Å². The summed E-state index contributed by atoms with van der Waals surface area (Å²) in [5.74, 6) is 1.44. The van der Waals surface area contributed by atoms with Crippen LogP contribution in [0.3, 0.4) is 0 Å². The Bertz CT molecular complexity index is 883. The van der Waals surface area contributed by atoms with Crippen molar-refractivity contribution in [2.45, 2.75) is 52.5 Å². The van der Waals surface area contributed by atoms with Crippen molar-refractivity contribution in [3.63, 3.8) is 0 Å². The Hall–Kier alpha value is -3.03. The van der Waals surface area contributed by atoms with E-state index < -0.39 is 6.16 Å². The maximum atomic E-state index is 13.4. The Labute approximate surface area is 176 Å². The first kappa shape index (κ1) is 21.7. The van der Waals surface area contributed by atoms with Crippen molar-refractivity contribution in [2.24, 2.45) is 11.8 Å². The topological polar surface area (TPSA) is 93.9 Å². The van der Waals surface area contributed by atoms with Gasteiger partial charge < -0.3 is 14.6 Å². The summed E-state index contributed by atoms with van der Waals surface area (Å²) in [5.41, 5.74) is 0.694. The number of benzene rings is 1. The van der Waals surface area contributed by atoms with E-state index in [4.69, 9.17) is 9.47 Å². The molecule has 0 atom stereocenters. The Morgan fingerprint density at radius 2 is 1.80 bits per heavy atom. The Kier molecular flexibility index (Phi) is 6.64. The summed E-state index contributed by atoms with van der Waals surface area (Å²) in [6, 6.07) is 6.95. The van der Waals surface area contributed by atoms with Crippen LogP contribution in [-0.2, 0) is 4.79 Å². The van der Waals surface area contributed by atoms with Gasteiger partial charge in [-0.15, -0.1) is 5.10 Å². The molecule has 162 valence electrons. The van der Waals surface area contributed by atoms with Gasteiger partial charge in [0, 0.05) is 12.0 Å². The molecule has 0 saturated heterocycles. The number of carbonyl (C=O) groups excluding carboxylic acids is 1. The Balaban J connectivity index is 1.97. The van der Waals surface area contributed by atoms with Gasteiger partial charge in [0.2, 0.25) is 11.7 Å². The average molecular weight is 415 g/mol. The van der Waals surface area contributed by atoms with Gasteiger partial charge >= 0.3 is 6.16 Å². The monoisotopic (exact) mass is 415 g/mol. The highest BCUT2D eigenvalue weighted by Crippen LogP contribution is 2.35. The molecule has 0 unspecified atom stereocenters. The number of carboxylic acid groups (broad SMARTS) is 1. The summed E-state index contributed by atoms with van der Waals surface area (Å²) < 4.78 is 11.7. The molecule has 1 fully saturated rings. The van der Waals surface area contributed by atoms with Gasteiger partial charge in [0.1, 0.15) is 5.75 Å². The quantitative estimate of drug-likeness (QED) is 0.698. The molecule has 0 aliphatic heterocycles. The maximum absolute atomic E-state index is 13.4. The van der Waals surface area contributed by atoms with E-state index in [1.807, 2.05) is 13.8 Å². The number of amides is 1. The summed E-state index contributed by atoms with van der Waals surface area (Å²) in [5, 5.41) is 13.7. The number of methoxy groups -OCH3 is 1. The van der Waals surface area contributed by atoms with Gasteiger partial charge in [0.05, 0.1) is 19.0 Å². The average Bonchev–Trinajstić information content (AvgIpc) is 3.11. The molecule has 2 aromatic rings. The molecular formula is C22H29N3O5. The molecule has 1 aromatic carbocycles. The molecule has 1 amide bonds. The molecule has 1 N–H and O–H groups in total. The highest BCUT2D eigenvalue weighted by molar-refractivity contribution is 5.96. The van der Waals surface area contributed by atoms with E-state index in [0.29, 0.717) is 17.4 Å². The molecule has 3 rings (SSSR count). The van der Waals surface area contributed by atoms with Gasteiger partial charge in [-0.1, -0.05) is 6.92 Å². The van der Waals surface area contributed by atoms with Crippen LogP contribution in [0.5, 0.6) is 11.5 Å². The zero-order valence-electron chi connectivity index (χ0n) is 17.9. The van der Waals surface area contributed by atoms with Gasteiger partial charge in [0.25, 0.3) is 0 Å². The van der Waals surface area contributed by atoms with Crippen molar-refractivity contribution in [3.8, 4) is 17.2 Å². The van der Waals surface area contributed by atoms with E-state index in [1.165, 1.54) is 10.9 Å². The lowest BCUT2D eigenvalue weighted by molar-refractivity contribution is -0.124. The molecule has 0 radical (unpaired) electrons. The highest BCUT2D eigenvalue weighted by Gasteiger charge is 2.34. The lowest BCUT2D eigenvalue weighted by Gasteiger charge is -2.32. The van der Waals surface area contributed by atoms with Gasteiger partial charge in [-0.2, -0.15) is 0 Å². The first-order valence-corrected chi connectivity index (χ1v) is 10.3. The Morgan fingerprint density at radius 1 is 1.17 bits per heavy atom. The summed E-state index contributed by atoms with van der Waals surface area (Å²) >= 11 is 0. The molecule has 1 heterocycles. The molecule has 0 bridgehead atoms. The van der Waals surface area contributed by atoms with Crippen molar-refractivity contribution < 1.29 is 24.2 Å². The van der Waals surface area contributed by atoms with E-state index >= 15 is 0 Å². The van der Waals surface area contributed by atoms with Crippen LogP contribution in [-0.4, -0.2) is 40.1 Å². The molecule has 8 heteroatoms. The van der Waals surface area contributed by atoms with Gasteiger partial charge in [-0.3, -0.25) is 9.69 Å². The van der Waals surface area contributed by atoms with Crippen molar-refractivity contribution in [3.05, 3.63) is 30.5 Å². The fourth-order valence-electron chi connectivity index (χ4n) is 3.86. The molecule has 0 spiro atoms. The summed E-state index contributed by atoms with van der Waals surface area (Å²) in [6.07, 6.45) is 3.72. The molecule has 30 heavy (non-hydrogen) atoms. The SMILES string of the molecule is COc1ccc(-n2cc(OC(=O)O)c(N(C(=O)[C@H]3CC[C@H](C)CC3)C(C)C)n2)cc1. The van der Waals surface area contributed by atoms with Crippen molar-refractivity contribution in [2.75, 3.05) is 12.0 Å². The predicted molar refractivity (Wildman–Crippen MR) is 113 cm³/mol. The van der Waals surface area contributed by atoms with Crippen LogP contribution >= 0.6 is 0 Å². The molecule has 1 aromatic heterocycles. The van der Waals surface area contributed by atoms with E-state index in [0.717, 1.165) is 25.7 Å². The van der Waals surface area contributed by atoms with Crippen LogP contribution in [0.4, 0.5) is 10.6 Å². The van der Waals surface area contributed by atoms with Crippen LogP contribution in [0.15, 0.2) is 30.5 Å². The molecular weight excluding hydrogens is 386 g/mol. The summed E-state index contributed by atoms with van der Waals surface area (Å²) in [4.78, 5) is 26.2. The first-order chi connectivity index (χ1) is 14.3. The maximum Gasteiger partial charge on any atom is 0.511 e. The van der Waals surface area contributed by atoms with E-state index in [2.05, 4.69) is 12.0 Å². The molecule has 1 aliphatic rings. The predicted octanol–water partition coefficient (Wildman–Crippen LogP) is 4.51. The number of rotatable bonds is 6. The smallest absolute Gasteiger partial charge is 0.497 e. The van der Waals surface area contributed by atoms with E-state index in [1.54, 1.807) is 36.3 Å². The van der Waals surface area contributed by atoms with Crippen LogP contribution < -0.4 is 14.4 Å². The van der Waals surface area contributed by atoms with Gasteiger partial charge in [-0.05, 0) is 69.7 Å². The van der Waals surface area contributed by atoms with Crippen LogP contribution in [0.1, 0.15) is 46.5 Å². The van der Waals surface area contributed by atoms with Gasteiger partial charge in [-0.25, -0.2) is 9.48 Å². The zero-order valence-corrected chi connectivity index (χ0v) is 17.9. The van der Waals surface area contributed by atoms with Crippen molar-refractivity contribution in [1.82, 2.24) is 9.78 Å². The second-order valence-corrected chi connectivity index (χ2v) is 8.09. The first-order valence-electron chi connectivity index (χ1n) is 10.3. The fraction of sp³-hybridized carbons (Fsp3) is 0.500. The third kappa shape index (κ3) is 4.75. The highest BCUT2D eigenvalue weighted by atomic mass is 16.7. The summed E-state index contributed by atoms with van der Waals surface area (Å²) in [7, 11) is 1.58. The third-order valence-corrected chi connectivity index (χ3v) is 5.54. The molecule has 1 aliphatic carbocycles. The fourth-order valence-corrected chi connectivity index (χ4v) is 3.86. The number of aromatic nitrogens is 2. The zero-order chi connectivity index (χ0) is 21.8. The second-order valence-electron chi connectivity index (χ2n) is 8.09. The van der Waals surface area contributed by atoms with Crippen LogP contribution in [0, 0.1) is 11.8 Å². The second kappa shape index (κ2) is 9.19. The third-order valence-electron chi connectivity index (χ3n) is 5.54. The lowest BCUT2D eigenvalue weighted by Crippen LogP contribution is -2.42. The minimum atomic E-state index is -1.45. The normalized spacial score (nSPS) is 18.8. The van der Waals surface area contributed by atoms with Gasteiger partial charge in [0.15, 0.2) is 5.75 Å². The number of hydrogen-bond donors (Lipinski definition) is 1. The number of anilines is 1. The Morgan fingerprint density at radius 3 is 2.33 bits per heavy atom. The number of carbonyl (C=O) groups is 2. The standard InChI is InChI=1S/C22H29N3O5/c1-14(2)25(21(26)16-7-5-15(3)6-8-16)20-19(30-22(27)28)13-24(23-20)17-9-11-18(29-4)12-10-17/h9-16H,5-8H2,1-4H3,(H,27,28)/t15-,16-. The number of hydrogen-bond acceptors (Lipinski definition) is 5. The molecule has 8 nitrogen and oxygen atoms in total. The number of nitrogens with zero attached hydrogens (tertiary/aromatic N) is 3. The van der Waals surface area contributed by atoms with Crippen LogP contribution in [0.2, 0.25) is 0 Å². The van der Waals surface area contributed by atoms with Crippen molar-refractivity contribution in [1.29, 1.82) is 0 Å². The van der Waals surface area contributed by atoms with E-state index in [9.17, 15) is 14.7 Å². The summed E-state index contributed by atoms with van der Waals surface area (Å²) in [6.45, 7) is 5.98. The van der Waals surface area contributed by atoms with E-state index in [-0.39, 0.29) is 29.4 Å². The minimum absolute atomic E-state index is 0.0320. The van der Waals surface area contributed by atoms with Crippen molar-refractivity contribution >= 4 is 17.9 Å². The number of ether oxygens (including phenoxy) is 2. The lowest BCUT2D eigenvalue weighted by atomic mass is 9.82. The molecule has 1 saturated carbocycles. The largest absolute Gasteiger partial charge is 0.511 e. The minimum Gasteiger partial charge on any atom is -0.497 e.